The number of alkyl halides is 6. The maximum absolute atomic E-state index is 13.7. The summed E-state index contributed by atoms with van der Waals surface area (Å²) in [6.07, 6.45) is -4.03. The summed E-state index contributed by atoms with van der Waals surface area (Å²) in [6, 6.07) is 6.07. The zero-order valence-corrected chi connectivity index (χ0v) is 24.0. The minimum atomic E-state index is -5.10. The Kier molecular flexibility index (Phi) is 9.12. The fourth-order valence-corrected chi connectivity index (χ4v) is 5.64. The van der Waals surface area contributed by atoms with Gasteiger partial charge < -0.3 is 10.2 Å². The molecule has 5 rings (SSSR count). The van der Waals surface area contributed by atoms with Gasteiger partial charge in [-0.3, -0.25) is 19.9 Å². The molecule has 0 aliphatic carbocycles. The van der Waals surface area contributed by atoms with E-state index in [0.29, 0.717) is 54.9 Å². The van der Waals surface area contributed by atoms with Gasteiger partial charge in [-0.2, -0.15) is 31.6 Å². The summed E-state index contributed by atoms with van der Waals surface area (Å²) in [6.45, 7) is 2.23. The van der Waals surface area contributed by atoms with Crippen molar-refractivity contribution in [1.29, 1.82) is 5.26 Å². The first-order chi connectivity index (χ1) is 21.3. The molecular formula is C29H23F6N7O2S. The van der Waals surface area contributed by atoms with Gasteiger partial charge in [-0.1, -0.05) is 6.07 Å². The number of hydrogen-bond acceptors (Lipinski definition) is 9. The van der Waals surface area contributed by atoms with Gasteiger partial charge in [-0.25, -0.2) is 9.97 Å². The number of carbonyl (C=O) groups is 2. The maximum atomic E-state index is 13.7. The van der Waals surface area contributed by atoms with Crippen LogP contribution in [0.25, 0.3) is 17.3 Å². The molecule has 2 aromatic heterocycles. The fourth-order valence-electron chi connectivity index (χ4n) is 4.97. The Morgan fingerprint density at radius 2 is 1.82 bits per heavy atom. The first kappa shape index (κ1) is 31.9. The zero-order valence-electron chi connectivity index (χ0n) is 23.2. The average molecular weight is 648 g/mol. The molecule has 2 N–H and O–H groups in total. The van der Waals surface area contributed by atoms with Crippen molar-refractivity contribution in [2.75, 3.05) is 24.5 Å². The van der Waals surface area contributed by atoms with E-state index in [-0.39, 0.29) is 28.8 Å². The van der Waals surface area contributed by atoms with Crippen molar-refractivity contribution in [2.24, 2.45) is 5.92 Å². The van der Waals surface area contributed by atoms with E-state index < -0.39 is 40.2 Å². The molecule has 16 heteroatoms. The summed E-state index contributed by atoms with van der Waals surface area (Å²) in [5.41, 5.74) is -3.09. The van der Waals surface area contributed by atoms with Crippen LogP contribution in [0.4, 0.5) is 37.1 Å². The van der Waals surface area contributed by atoms with Gasteiger partial charge in [0, 0.05) is 37.6 Å². The summed E-state index contributed by atoms with van der Waals surface area (Å²) in [5, 5.41) is 14.6. The van der Waals surface area contributed by atoms with Gasteiger partial charge >= 0.3 is 12.4 Å². The van der Waals surface area contributed by atoms with E-state index in [4.69, 9.17) is 0 Å². The van der Waals surface area contributed by atoms with Crippen molar-refractivity contribution in [2.45, 2.75) is 31.7 Å². The standard InChI is InChI=1S/C29H23F6N7O2S/c30-28(31,32)19-1-2-21(22(10-19)29(33,34)35)24-18(12-36)9-17(15-39-24)14-37-13-16-4-7-42(8-5-16)26-38-6-3-20(40-26)11-23-25(43)41-27(44)45-23/h1-3,6,9-11,15-16,37H,4-5,7-8,13-14H2,(H,41,43,44). The van der Waals surface area contributed by atoms with Crippen LogP contribution < -0.4 is 15.5 Å². The van der Waals surface area contributed by atoms with Crippen LogP contribution in [-0.4, -0.2) is 45.7 Å². The molecule has 2 saturated heterocycles. The number of nitrogens with zero attached hydrogens (tertiary/aromatic N) is 5. The van der Waals surface area contributed by atoms with Gasteiger partial charge in [0.05, 0.1) is 33.0 Å². The van der Waals surface area contributed by atoms with Gasteiger partial charge in [0.1, 0.15) is 6.07 Å². The zero-order chi connectivity index (χ0) is 32.4. The highest BCUT2D eigenvalue weighted by atomic mass is 32.2. The number of anilines is 1. The Labute approximate surface area is 256 Å². The molecule has 0 radical (unpaired) electrons. The second-order valence-corrected chi connectivity index (χ2v) is 11.3. The first-order valence-corrected chi connectivity index (χ1v) is 14.3. The molecule has 45 heavy (non-hydrogen) atoms. The van der Waals surface area contributed by atoms with Gasteiger partial charge in [-0.15, -0.1) is 0 Å². The topological polar surface area (TPSA) is 124 Å². The largest absolute Gasteiger partial charge is 0.417 e. The number of carbonyl (C=O) groups excluding carboxylic acids is 2. The fraction of sp³-hybridized carbons (Fsp3) is 0.310. The monoisotopic (exact) mass is 647 g/mol. The molecule has 2 amide bonds. The lowest BCUT2D eigenvalue weighted by molar-refractivity contribution is -0.142. The number of aromatic nitrogens is 3. The third-order valence-electron chi connectivity index (χ3n) is 7.22. The summed E-state index contributed by atoms with van der Waals surface area (Å²) in [5.74, 6) is 0.325. The normalized spacial score (nSPS) is 17.1. The summed E-state index contributed by atoms with van der Waals surface area (Å²) in [4.78, 5) is 38.3. The van der Waals surface area contributed by atoms with Crippen molar-refractivity contribution in [1.82, 2.24) is 25.6 Å². The molecule has 4 heterocycles. The van der Waals surface area contributed by atoms with Crippen molar-refractivity contribution >= 4 is 34.9 Å². The highest BCUT2D eigenvalue weighted by Gasteiger charge is 2.39. The van der Waals surface area contributed by atoms with E-state index in [1.54, 1.807) is 12.3 Å². The number of pyridine rings is 1. The minimum Gasteiger partial charge on any atom is -0.341 e. The lowest BCUT2D eigenvalue weighted by Crippen LogP contribution is -2.38. The summed E-state index contributed by atoms with van der Waals surface area (Å²) >= 11 is 0.806. The Morgan fingerprint density at radius 3 is 2.47 bits per heavy atom. The molecule has 0 bridgehead atoms. The predicted octanol–water partition coefficient (Wildman–Crippen LogP) is 5.78. The number of piperidine rings is 1. The number of amides is 2. The molecule has 1 aromatic carbocycles. The third kappa shape index (κ3) is 7.60. The number of rotatable bonds is 7. The van der Waals surface area contributed by atoms with Crippen LogP contribution in [0, 0.1) is 17.2 Å². The highest BCUT2D eigenvalue weighted by Crippen LogP contribution is 2.41. The minimum absolute atomic E-state index is 0.0258. The van der Waals surface area contributed by atoms with Crippen LogP contribution in [0.15, 0.2) is 47.6 Å². The first-order valence-electron chi connectivity index (χ1n) is 13.5. The van der Waals surface area contributed by atoms with E-state index >= 15 is 0 Å². The van der Waals surface area contributed by atoms with E-state index in [9.17, 15) is 41.2 Å². The predicted molar refractivity (Wildman–Crippen MR) is 152 cm³/mol. The second-order valence-electron chi connectivity index (χ2n) is 10.3. The quantitative estimate of drug-likeness (QED) is 0.243. The van der Waals surface area contributed by atoms with Crippen LogP contribution in [0.5, 0.6) is 0 Å². The van der Waals surface area contributed by atoms with Crippen molar-refractivity contribution in [3.05, 3.63) is 75.6 Å². The Bertz CT molecular complexity index is 1700. The lowest BCUT2D eigenvalue weighted by atomic mass is 9.96. The van der Waals surface area contributed by atoms with E-state index in [1.807, 2.05) is 11.0 Å². The van der Waals surface area contributed by atoms with E-state index in [0.717, 1.165) is 24.6 Å². The van der Waals surface area contributed by atoms with Crippen LogP contribution in [0.2, 0.25) is 0 Å². The second kappa shape index (κ2) is 12.9. The van der Waals surface area contributed by atoms with Crippen LogP contribution >= 0.6 is 11.8 Å². The average Bonchev–Trinajstić information content (AvgIpc) is 3.32. The number of hydrogen-bond donors (Lipinski definition) is 2. The van der Waals surface area contributed by atoms with Gasteiger partial charge in [0.25, 0.3) is 11.1 Å². The molecule has 9 nitrogen and oxygen atoms in total. The van der Waals surface area contributed by atoms with Gasteiger partial charge in [0.2, 0.25) is 5.95 Å². The van der Waals surface area contributed by atoms with Crippen LogP contribution in [0.1, 0.15) is 40.8 Å². The molecule has 2 fully saturated rings. The maximum Gasteiger partial charge on any atom is 0.417 e. The number of nitrogens with one attached hydrogen (secondary N) is 2. The number of nitriles is 1. The highest BCUT2D eigenvalue weighted by molar-refractivity contribution is 8.18. The molecule has 3 aromatic rings. The molecule has 234 valence electrons. The Hall–Kier alpha value is -4.49. The summed E-state index contributed by atoms with van der Waals surface area (Å²) in [7, 11) is 0. The molecule has 2 aliphatic heterocycles. The summed E-state index contributed by atoms with van der Waals surface area (Å²) < 4.78 is 80.2. The van der Waals surface area contributed by atoms with E-state index in [1.165, 1.54) is 18.3 Å². The smallest absolute Gasteiger partial charge is 0.341 e. The number of thioether (sulfide) groups is 1. The third-order valence-corrected chi connectivity index (χ3v) is 8.03. The lowest BCUT2D eigenvalue weighted by Gasteiger charge is -2.32. The van der Waals surface area contributed by atoms with Crippen molar-refractivity contribution in [3.63, 3.8) is 0 Å². The molecule has 2 aliphatic rings. The van der Waals surface area contributed by atoms with Crippen molar-refractivity contribution in [3.8, 4) is 17.3 Å². The van der Waals surface area contributed by atoms with Gasteiger partial charge in [-0.05, 0) is 73.0 Å². The Balaban J connectivity index is 1.18. The molecule has 0 atom stereocenters. The van der Waals surface area contributed by atoms with E-state index in [2.05, 4.69) is 25.6 Å². The number of halogens is 6. The molecular weight excluding hydrogens is 624 g/mol. The van der Waals surface area contributed by atoms with Crippen molar-refractivity contribution < 1.29 is 35.9 Å². The van der Waals surface area contributed by atoms with Crippen LogP contribution in [-0.2, 0) is 23.7 Å². The SMILES string of the molecule is N#Cc1cc(CNCC2CCN(c3nccc(C=C4SC(=O)NC4=O)n3)CC2)cnc1-c1ccc(C(F)(F)F)cc1C(F)(F)F. The molecule has 0 spiro atoms. The molecule has 0 saturated carbocycles. The number of imide groups is 1. The molecule has 0 unspecified atom stereocenters. The van der Waals surface area contributed by atoms with Crippen LogP contribution in [0.3, 0.4) is 0 Å². The number of benzene rings is 1. The Morgan fingerprint density at radius 1 is 1.07 bits per heavy atom. The van der Waals surface area contributed by atoms with Gasteiger partial charge in [0.15, 0.2) is 0 Å².